The van der Waals surface area contributed by atoms with E-state index < -0.39 is 0 Å². The van der Waals surface area contributed by atoms with Crippen LogP contribution in [0.25, 0.3) is 16.5 Å². The van der Waals surface area contributed by atoms with Crippen LogP contribution in [0, 0.1) is 0 Å². The zero-order chi connectivity index (χ0) is 11.7. The summed E-state index contributed by atoms with van der Waals surface area (Å²) >= 11 is 0. The van der Waals surface area contributed by atoms with Gasteiger partial charge in [0.1, 0.15) is 5.75 Å². The molecule has 0 atom stereocenters. The summed E-state index contributed by atoms with van der Waals surface area (Å²) in [7, 11) is 0. The lowest BCUT2D eigenvalue weighted by Crippen LogP contribution is -2.29. The largest absolute Gasteiger partial charge is 0.507 e. The first kappa shape index (κ1) is 9.85. The lowest BCUT2D eigenvalue weighted by Gasteiger charge is -2.03. The third kappa shape index (κ3) is 1.64. The van der Waals surface area contributed by atoms with Gasteiger partial charge in [0.15, 0.2) is 12.4 Å². The molecule has 0 unspecified atom stereocenters. The van der Waals surface area contributed by atoms with E-state index in [1.54, 1.807) is 6.07 Å². The van der Waals surface area contributed by atoms with Gasteiger partial charge in [-0.15, -0.1) is 0 Å². The molecule has 0 radical (unpaired) electrons. The van der Waals surface area contributed by atoms with Gasteiger partial charge in [0.2, 0.25) is 5.69 Å². The highest BCUT2D eigenvalue weighted by Crippen LogP contribution is 2.27. The molecule has 82 valence electrons. The third-order valence-corrected chi connectivity index (χ3v) is 2.87. The molecule has 3 rings (SSSR count). The minimum atomic E-state index is 0.320. The van der Waals surface area contributed by atoms with Crippen LogP contribution in [-0.4, -0.2) is 5.11 Å². The molecule has 0 saturated carbocycles. The predicted octanol–water partition coefficient (Wildman–Crippen LogP) is 2.82. The second kappa shape index (κ2) is 3.91. The first-order chi connectivity index (χ1) is 8.36. The van der Waals surface area contributed by atoms with Gasteiger partial charge in [-0.2, -0.15) is 4.57 Å². The second-order valence-electron chi connectivity index (χ2n) is 3.93. The molecule has 2 aromatic carbocycles. The van der Waals surface area contributed by atoms with Crippen molar-refractivity contribution in [3.8, 4) is 11.4 Å². The molecular formula is C15H12NO+. The normalized spacial score (nSPS) is 10.6. The van der Waals surface area contributed by atoms with Gasteiger partial charge in [0.25, 0.3) is 0 Å². The van der Waals surface area contributed by atoms with Gasteiger partial charge in [-0.1, -0.05) is 24.3 Å². The van der Waals surface area contributed by atoms with Crippen molar-refractivity contribution in [3.63, 3.8) is 0 Å². The Morgan fingerprint density at radius 1 is 0.706 bits per heavy atom. The smallest absolute Gasteiger partial charge is 0.218 e. The predicted molar refractivity (Wildman–Crippen MR) is 67.1 cm³/mol. The van der Waals surface area contributed by atoms with Gasteiger partial charge in [-0.3, -0.25) is 0 Å². The van der Waals surface area contributed by atoms with Gasteiger partial charge < -0.3 is 5.11 Å². The number of aromatic hydroxyl groups is 1. The molecule has 0 spiro atoms. The van der Waals surface area contributed by atoms with E-state index in [0.717, 1.165) is 16.5 Å². The number of aromatic nitrogens is 1. The third-order valence-electron chi connectivity index (χ3n) is 2.87. The first-order valence-electron chi connectivity index (χ1n) is 5.53. The monoisotopic (exact) mass is 222 g/mol. The quantitative estimate of drug-likeness (QED) is 0.629. The fourth-order valence-electron chi connectivity index (χ4n) is 2.05. The molecule has 1 aromatic heterocycles. The van der Waals surface area contributed by atoms with Crippen molar-refractivity contribution < 1.29 is 9.67 Å². The molecule has 1 heterocycles. The SMILES string of the molecule is Oc1ccc(-[n+]2ccccc2)c2ccccc12. The summed E-state index contributed by atoms with van der Waals surface area (Å²) < 4.78 is 2.04. The van der Waals surface area contributed by atoms with Crippen LogP contribution in [0.3, 0.4) is 0 Å². The molecular weight excluding hydrogens is 210 g/mol. The van der Waals surface area contributed by atoms with E-state index >= 15 is 0 Å². The van der Waals surface area contributed by atoms with Crippen molar-refractivity contribution in [1.29, 1.82) is 0 Å². The van der Waals surface area contributed by atoms with Crippen LogP contribution in [-0.2, 0) is 0 Å². The van der Waals surface area contributed by atoms with Crippen molar-refractivity contribution in [1.82, 2.24) is 0 Å². The minimum absolute atomic E-state index is 0.320. The van der Waals surface area contributed by atoms with E-state index in [2.05, 4.69) is 0 Å². The van der Waals surface area contributed by atoms with E-state index in [1.807, 2.05) is 65.5 Å². The van der Waals surface area contributed by atoms with Crippen LogP contribution in [0.2, 0.25) is 0 Å². The maximum absolute atomic E-state index is 9.83. The Labute approximate surface area is 99.4 Å². The highest BCUT2D eigenvalue weighted by atomic mass is 16.3. The van der Waals surface area contributed by atoms with E-state index in [4.69, 9.17) is 0 Å². The van der Waals surface area contributed by atoms with Crippen LogP contribution < -0.4 is 4.57 Å². The molecule has 17 heavy (non-hydrogen) atoms. The molecule has 0 aliphatic heterocycles. The topological polar surface area (TPSA) is 24.1 Å². The van der Waals surface area contributed by atoms with Crippen LogP contribution in [0.15, 0.2) is 67.0 Å². The summed E-state index contributed by atoms with van der Waals surface area (Å²) in [4.78, 5) is 0. The zero-order valence-electron chi connectivity index (χ0n) is 9.25. The molecule has 0 aliphatic carbocycles. The first-order valence-corrected chi connectivity index (χ1v) is 5.53. The standard InChI is InChI=1S/C15H11NO/c17-15-9-8-14(16-10-4-1-5-11-16)12-6-2-3-7-13(12)15/h1-11H/p+1. The van der Waals surface area contributed by atoms with E-state index in [9.17, 15) is 5.11 Å². The molecule has 0 aliphatic rings. The Kier molecular flexibility index (Phi) is 2.26. The zero-order valence-corrected chi connectivity index (χ0v) is 9.25. The highest BCUT2D eigenvalue weighted by molar-refractivity contribution is 5.93. The van der Waals surface area contributed by atoms with Crippen LogP contribution in [0.5, 0.6) is 5.75 Å². The number of rotatable bonds is 1. The lowest BCUT2D eigenvalue weighted by atomic mass is 10.1. The summed E-state index contributed by atoms with van der Waals surface area (Å²) in [6, 6.07) is 17.5. The molecule has 1 N–H and O–H groups in total. The summed E-state index contributed by atoms with van der Waals surface area (Å²) in [5.41, 5.74) is 1.07. The Balaban J connectivity index is 2.35. The average molecular weight is 222 g/mol. The minimum Gasteiger partial charge on any atom is -0.507 e. The van der Waals surface area contributed by atoms with Crippen molar-refractivity contribution in [2.24, 2.45) is 0 Å². The molecule has 0 saturated heterocycles. The van der Waals surface area contributed by atoms with Crippen molar-refractivity contribution in [2.75, 3.05) is 0 Å². The fraction of sp³-hybridized carbons (Fsp3) is 0. The fourth-order valence-corrected chi connectivity index (χ4v) is 2.05. The van der Waals surface area contributed by atoms with Crippen LogP contribution >= 0.6 is 0 Å². The van der Waals surface area contributed by atoms with Crippen molar-refractivity contribution >= 4 is 10.8 Å². The van der Waals surface area contributed by atoms with E-state index in [0.29, 0.717) is 5.75 Å². The van der Waals surface area contributed by atoms with Gasteiger partial charge in [-0.25, -0.2) is 0 Å². The van der Waals surface area contributed by atoms with E-state index in [-0.39, 0.29) is 0 Å². The maximum Gasteiger partial charge on any atom is 0.218 e. The lowest BCUT2D eigenvalue weighted by molar-refractivity contribution is -0.594. The Hall–Kier alpha value is -2.35. The van der Waals surface area contributed by atoms with Crippen LogP contribution in [0.1, 0.15) is 0 Å². The van der Waals surface area contributed by atoms with E-state index in [1.165, 1.54) is 0 Å². The van der Waals surface area contributed by atoms with Gasteiger partial charge >= 0.3 is 0 Å². The summed E-state index contributed by atoms with van der Waals surface area (Å²) in [5, 5.41) is 11.8. The van der Waals surface area contributed by atoms with Gasteiger partial charge in [-0.05, 0) is 12.1 Å². The van der Waals surface area contributed by atoms with Crippen molar-refractivity contribution in [2.45, 2.75) is 0 Å². The van der Waals surface area contributed by atoms with Crippen molar-refractivity contribution in [3.05, 3.63) is 67.0 Å². The average Bonchev–Trinajstić information content (AvgIpc) is 2.41. The van der Waals surface area contributed by atoms with Crippen LogP contribution in [0.4, 0.5) is 0 Å². The molecule has 2 nitrogen and oxygen atoms in total. The number of phenolic OH excluding ortho intramolecular Hbond substituents is 1. The second-order valence-corrected chi connectivity index (χ2v) is 3.93. The summed E-state index contributed by atoms with van der Waals surface area (Å²) in [5.74, 6) is 0.320. The van der Waals surface area contributed by atoms with Gasteiger partial charge in [0, 0.05) is 23.6 Å². The molecule has 0 bridgehead atoms. The number of phenols is 1. The summed E-state index contributed by atoms with van der Waals surface area (Å²) in [6.07, 6.45) is 4.00. The summed E-state index contributed by atoms with van der Waals surface area (Å²) in [6.45, 7) is 0. The van der Waals surface area contributed by atoms with Gasteiger partial charge in [0.05, 0.1) is 5.39 Å². The molecule has 0 amide bonds. The number of fused-ring (bicyclic) bond motifs is 1. The Morgan fingerprint density at radius 3 is 2.18 bits per heavy atom. The Morgan fingerprint density at radius 2 is 1.41 bits per heavy atom. The molecule has 0 fully saturated rings. The maximum atomic E-state index is 9.83. The highest BCUT2D eigenvalue weighted by Gasteiger charge is 2.11. The molecule has 2 heteroatoms. The number of hydrogen-bond donors (Lipinski definition) is 1. The number of hydrogen-bond acceptors (Lipinski definition) is 1. The molecule has 3 aromatic rings. The number of benzene rings is 2. The number of nitrogens with zero attached hydrogens (tertiary/aromatic N) is 1. The number of pyridine rings is 1. The Bertz CT molecular complexity index is 662.